The van der Waals surface area contributed by atoms with Crippen molar-refractivity contribution in [2.75, 3.05) is 26.0 Å². The van der Waals surface area contributed by atoms with Crippen LogP contribution in [0.4, 0.5) is 0 Å². The first-order valence-electron chi connectivity index (χ1n) is 6.35. The first kappa shape index (κ1) is 14.1. The molecule has 1 aliphatic heterocycles. The Morgan fingerprint density at radius 3 is 2.84 bits per heavy atom. The number of sulfone groups is 1. The van der Waals surface area contributed by atoms with Crippen LogP contribution in [0, 0.1) is 0 Å². The van der Waals surface area contributed by atoms with E-state index in [0.717, 1.165) is 13.0 Å². The van der Waals surface area contributed by atoms with E-state index in [0.29, 0.717) is 24.7 Å². The molecule has 5 nitrogen and oxygen atoms in total. The van der Waals surface area contributed by atoms with Gasteiger partial charge in [0.2, 0.25) is 0 Å². The first-order chi connectivity index (χ1) is 9.00. The third-order valence-electron chi connectivity index (χ3n) is 2.86. The van der Waals surface area contributed by atoms with Crippen LogP contribution >= 0.6 is 0 Å². The van der Waals surface area contributed by atoms with Gasteiger partial charge in [-0.2, -0.15) is 0 Å². The summed E-state index contributed by atoms with van der Waals surface area (Å²) in [5.41, 5.74) is 0. The molecule has 1 heterocycles. The smallest absolute Gasteiger partial charge is 0.175 e. The molecule has 0 radical (unpaired) electrons. The van der Waals surface area contributed by atoms with E-state index >= 15 is 0 Å². The van der Waals surface area contributed by atoms with Crippen LogP contribution in [0.2, 0.25) is 0 Å². The van der Waals surface area contributed by atoms with E-state index in [1.165, 1.54) is 18.4 Å². The van der Waals surface area contributed by atoms with Crippen LogP contribution in [0.5, 0.6) is 11.5 Å². The fourth-order valence-electron chi connectivity index (χ4n) is 1.87. The minimum atomic E-state index is -3.23. The predicted molar refractivity (Wildman–Crippen MR) is 72.6 cm³/mol. The molecule has 1 aromatic carbocycles. The molecule has 106 valence electrons. The summed E-state index contributed by atoms with van der Waals surface area (Å²) in [4.78, 5) is 0.247. The molecule has 1 aliphatic rings. The molecule has 0 saturated heterocycles. The van der Waals surface area contributed by atoms with E-state index in [4.69, 9.17) is 9.47 Å². The van der Waals surface area contributed by atoms with Crippen molar-refractivity contribution < 1.29 is 17.9 Å². The number of nitrogens with one attached hydrogen (secondary N) is 1. The average molecular weight is 285 g/mol. The Hall–Kier alpha value is -1.27. The zero-order valence-corrected chi connectivity index (χ0v) is 12.0. The second kappa shape index (κ2) is 5.79. The minimum absolute atomic E-state index is 0.0890. The second-order valence-corrected chi connectivity index (χ2v) is 6.65. The van der Waals surface area contributed by atoms with Crippen LogP contribution in [-0.2, 0) is 9.84 Å². The molecule has 0 saturated carbocycles. The Morgan fingerprint density at radius 1 is 1.37 bits per heavy atom. The number of ether oxygens (including phenoxy) is 2. The standard InChI is InChI=1S/C13H19NO4S/c1-3-6-14-8-10-9-17-12-5-4-11(19(2,15)16)7-13(12)18-10/h4-5,7,10,14H,3,6,8-9H2,1-2H3/t10-/m0/s1. The van der Waals surface area contributed by atoms with Crippen molar-refractivity contribution in [1.82, 2.24) is 5.32 Å². The second-order valence-electron chi connectivity index (χ2n) is 4.64. The van der Waals surface area contributed by atoms with Crippen LogP contribution in [-0.4, -0.2) is 40.5 Å². The Kier molecular flexibility index (Phi) is 4.31. The highest BCUT2D eigenvalue weighted by molar-refractivity contribution is 7.90. The van der Waals surface area contributed by atoms with E-state index in [1.807, 2.05) is 0 Å². The number of hydrogen-bond acceptors (Lipinski definition) is 5. The normalized spacial score (nSPS) is 18.3. The maximum Gasteiger partial charge on any atom is 0.175 e. The lowest BCUT2D eigenvalue weighted by Crippen LogP contribution is -2.38. The van der Waals surface area contributed by atoms with Gasteiger partial charge in [-0.3, -0.25) is 0 Å². The zero-order chi connectivity index (χ0) is 13.9. The Labute approximate surface area is 113 Å². The Morgan fingerprint density at radius 2 is 2.16 bits per heavy atom. The van der Waals surface area contributed by atoms with Gasteiger partial charge in [-0.05, 0) is 25.1 Å². The molecular weight excluding hydrogens is 266 g/mol. The van der Waals surface area contributed by atoms with Gasteiger partial charge < -0.3 is 14.8 Å². The minimum Gasteiger partial charge on any atom is -0.486 e. The van der Waals surface area contributed by atoms with Crippen molar-refractivity contribution in [2.45, 2.75) is 24.3 Å². The first-order valence-corrected chi connectivity index (χ1v) is 8.24. The third-order valence-corrected chi connectivity index (χ3v) is 3.97. The Balaban J connectivity index is 2.10. The molecule has 1 aromatic rings. The van der Waals surface area contributed by atoms with Gasteiger partial charge in [0.05, 0.1) is 4.90 Å². The quantitative estimate of drug-likeness (QED) is 0.824. The van der Waals surface area contributed by atoms with Gasteiger partial charge in [0.15, 0.2) is 21.3 Å². The Bertz CT molecular complexity index is 542. The van der Waals surface area contributed by atoms with Crippen LogP contribution < -0.4 is 14.8 Å². The summed E-state index contributed by atoms with van der Waals surface area (Å²) in [5.74, 6) is 1.09. The van der Waals surface area contributed by atoms with Gasteiger partial charge >= 0.3 is 0 Å². The molecule has 1 atom stereocenters. The van der Waals surface area contributed by atoms with Crippen molar-refractivity contribution in [1.29, 1.82) is 0 Å². The van der Waals surface area contributed by atoms with Crippen molar-refractivity contribution in [3.63, 3.8) is 0 Å². The molecular formula is C13H19NO4S. The lowest BCUT2D eigenvalue weighted by atomic mass is 10.2. The van der Waals surface area contributed by atoms with E-state index in [1.54, 1.807) is 6.07 Å². The van der Waals surface area contributed by atoms with E-state index in [9.17, 15) is 8.42 Å². The van der Waals surface area contributed by atoms with Gasteiger partial charge in [0, 0.05) is 18.9 Å². The van der Waals surface area contributed by atoms with Gasteiger partial charge in [-0.25, -0.2) is 8.42 Å². The molecule has 19 heavy (non-hydrogen) atoms. The number of fused-ring (bicyclic) bond motifs is 1. The van der Waals surface area contributed by atoms with Crippen molar-refractivity contribution >= 4 is 9.84 Å². The average Bonchev–Trinajstić information content (AvgIpc) is 2.37. The number of rotatable bonds is 5. The highest BCUT2D eigenvalue weighted by Gasteiger charge is 2.22. The maximum atomic E-state index is 11.5. The molecule has 2 rings (SSSR count). The number of benzene rings is 1. The summed E-state index contributed by atoms with van der Waals surface area (Å²) < 4.78 is 34.3. The highest BCUT2D eigenvalue weighted by atomic mass is 32.2. The summed E-state index contributed by atoms with van der Waals surface area (Å²) in [5, 5.41) is 3.26. The van der Waals surface area contributed by atoms with Gasteiger partial charge in [-0.1, -0.05) is 6.92 Å². The summed E-state index contributed by atoms with van der Waals surface area (Å²) in [7, 11) is -3.23. The fourth-order valence-corrected chi connectivity index (χ4v) is 2.50. The van der Waals surface area contributed by atoms with Crippen LogP contribution in [0.25, 0.3) is 0 Å². The molecule has 0 aromatic heterocycles. The predicted octanol–water partition coefficient (Wildman–Crippen LogP) is 1.23. The molecule has 0 spiro atoms. The molecule has 6 heteroatoms. The van der Waals surface area contributed by atoms with Crippen molar-refractivity contribution in [2.24, 2.45) is 0 Å². The SMILES string of the molecule is CCCNC[C@H]1COc2ccc(S(C)(=O)=O)cc2O1. The van der Waals surface area contributed by atoms with Gasteiger partial charge in [0.25, 0.3) is 0 Å². The summed E-state index contributed by atoms with van der Waals surface area (Å²) in [6, 6.07) is 4.70. The molecule has 0 unspecified atom stereocenters. The third kappa shape index (κ3) is 3.61. The van der Waals surface area contributed by atoms with E-state index in [2.05, 4.69) is 12.2 Å². The largest absolute Gasteiger partial charge is 0.486 e. The fraction of sp³-hybridized carbons (Fsp3) is 0.538. The van der Waals surface area contributed by atoms with Crippen molar-refractivity contribution in [3.05, 3.63) is 18.2 Å². The lowest BCUT2D eigenvalue weighted by molar-refractivity contribution is 0.0902. The summed E-state index contributed by atoms with van der Waals surface area (Å²) in [6.45, 7) is 4.19. The topological polar surface area (TPSA) is 64.6 Å². The monoisotopic (exact) mass is 285 g/mol. The molecule has 0 bridgehead atoms. The molecule has 0 aliphatic carbocycles. The van der Waals surface area contributed by atoms with Gasteiger partial charge in [-0.15, -0.1) is 0 Å². The molecule has 1 N–H and O–H groups in total. The molecule has 0 amide bonds. The van der Waals surface area contributed by atoms with Gasteiger partial charge in [0.1, 0.15) is 12.7 Å². The van der Waals surface area contributed by atoms with Crippen molar-refractivity contribution in [3.8, 4) is 11.5 Å². The molecule has 0 fully saturated rings. The van der Waals surface area contributed by atoms with E-state index in [-0.39, 0.29) is 11.0 Å². The van der Waals surface area contributed by atoms with E-state index < -0.39 is 9.84 Å². The maximum absolute atomic E-state index is 11.5. The van der Waals surface area contributed by atoms with Crippen LogP contribution in [0.15, 0.2) is 23.1 Å². The summed E-state index contributed by atoms with van der Waals surface area (Å²) >= 11 is 0. The number of hydrogen-bond donors (Lipinski definition) is 1. The van der Waals surface area contributed by atoms with Crippen LogP contribution in [0.1, 0.15) is 13.3 Å². The summed E-state index contributed by atoms with van der Waals surface area (Å²) in [6.07, 6.45) is 2.15. The lowest BCUT2D eigenvalue weighted by Gasteiger charge is -2.27. The highest BCUT2D eigenvalue weighted by Crippen LogP contribution is 2.33. The van der Waals surface area contributed by atoms with Crippen LogP contribution in [0.3, 0.4) is 0 Å². The zero-order valence-electron chi connectivity index (χ0n) is 11.2.